The topological polar surface area (TPSA) is 113 Å². The Hall–Kier alpha value is -2.88. The first-order valence-electron chi connectivity index (χ1n) is 8.35. The van der Waals surface area contributed by atoms with Gasteiger partial charge < -0.3 is 15.2 Å². The van der Waals surface area contributed by atoms with E-state index in [4.69, 9.17) is 4.74 Å². The van der Waals surface area contributed by atoms with Gasteiger partial charge in [0.2, 0.25) is 5.91 Å². The number of β-lactam (4-membered cyclic amide) rings is 1. The van der Waals surface area contributed by atoms with Crippen molar-refractivity contribution in [3.8, 4) is 0 Å². The monoisotopic (exact) mass is 408 g/mol. The number of benzene rings is 1. The highest BCUT2D eigenvalue weighted by Crippen LogP contribution is 2.40. The van der Waals surface area contributed by atoms with Crippen LogP contribution in [-0.4, -0.2) is 57.5 Å². The van der Waals surface area contributed by atoms with Crippen molar-refractivity contribution < 1.29 is 33.4 Å². The van der Waals surface area contributed by atoms with E-state index in [-0.39, 0.29) is 24.5 Å². The normalized spacial score (nSPS) is 20.9. The van der Waals surface area contributed by atoms with E-state index in [1.807, 2.05) is 0 Å². The van der Waals surface area contributed by atoms with E-state index in [1.165, 1.54) is 43.0 Å². The Balaban J connectivity index is 1.67. The van der Waals surface area contributed by atoms with Crippen molar-refractivity contribution in [2.75, 3.05) is 12.4 Å². The Morgan fingerprint density at radius 2 is 2.00 bits per heavy atom. The number of carboxylic acid groups (broad SMARTS) is 1. The third-order valence-electron chi connectivity index (χ3n) is 4.29. The van der Waals surface area contributed by atoms with E-state index in [1.54, 1.807) is 0 Å². The number of halogens is 1. The number of ether oxygens (including phenoxy) is 1. The Bertz CT molecular complexity index is 869. The second-order valence-electron chi connectivity index (χ2n) is 6.30. The molecule has 2 aliphatic heterocycles. The van der Waals surface area contributed by atoms with E-state index < -0.39 is 41.0 Å². The van der Waals surface area contributed by atoms with E-state index >= 15 is 0 Å². The summed E-state index contributed by atoms with van der Waals surface area (Å²) in [5.74, 6) is -2.96. The summed E-state index contributed by atoms with van der Waals surface area (Å²) in [5, 5.41) is 11.5. The molecule has 0 aromatic heterocycles. The molecule has 2 amide bonds. The third-order valence-corrected chi connectivity index (χ3v) is 5.63. The van der Waals surface area contributed by atoms with Gasteiger partial charge in [0.05, 0.1) is 6.42 Å². The summed E-state index contributed by atoms with van der Waals surface area (Å²) in [6.07, 6.45) is -0.0270. The van der Waals surface area contributed by atoms with Gasteiger partial charge in [-0.15, -0.1) is 11.8 Å². The van der Waals surface area contributed by atoms with Gasteiger partial charge in [-0.2, -0.15) is 0 Å². The Morgan fingerprint density at radius 3 is 2.61 bits per heavy atom. The van der Waals surface area contributed by atoms with Crippen LogP contribution in [0.3, 0.4) is 0 Å². The molecule has 10 heteroatoms. The SMILES string of the molecule is CC(=O)OCC1=C(C(=O)O)N2C(=O)C(NC(=O)Cc3ccc(F)cc3)C2SC1. The standard InChI is InChI=1S/C18H17FN2O6S/c1-9(22)27-7-11-8-28-17-14(16(24)21(17)15(11)18(25)26)20-13(23)6-10-2-4-12(19)5-3-10/h2-5,14,17H,6-8H2,1H3,(H,20,23)(H,25,26). The summed E-state index contributed by atoms with van der Waals surface area (Å²) in [4.78, 5) is 48.4. The second kappa shape index (κ2) is 8.01. The van der Waals surface area contributed by atoms with Crippen LogP contribution in [0.15, 0.2) is 35.5 Å². The molecule has 2 heterocycles. The van der Waals surface area contributed by atoms with Crippen LogP contribution in [0.5, 0.6) is 0 Å². The third kappa shape index (κ3) is 4.01. The number of aliphatic carboxylic acids is 1. The molecule has 0 radical (unpaired) electrons. The van der Waals surface area contributed by atoms with Gasteiger partial charge >= 0.3 is 11.9 Å². The van der Waals surface area contributed by atoms with Crippen molar-refractivity contribution in [1.82, 2.24) is 10.2 Å². The lowest BCUT2D eigenvalue weighted by Gasteiger charge is -2.49. The maximum atomic E-state index is 12.9. The number of fused-ring (bicyclic) bond motifs is 1. The molecule has 1 aromatic rings. The summed E-state index contributed by atoms with van der Waals surface area (Å²) < 4.78 is 17.8. The minimum atomic E-state index is -1.29. The van der Waals surface area contributed by atoms with Crippen LogP contribution in [0.1, 0.15) is 12.5 Å². The van der Waals surface area contributed by atoms with Gasteiger partial charge in [0.1, 0.15) is 29.5 Å². The number of esters is 1. The van der Waals surface area contributed by atoms with Gasteiger partial charge in [0.15, 0.2) is 0 Å². The molecule has 2 aliphatic rings. The number of amides is 2. The molecule has 8 nitrogen and oxygen atoms in total. The van der Waals surface area contributed by atoms with Crippen LogP contribution in [0, 0.1) is 5.82 Å². The molecule has 1 aromatic carbocycles. The zero-order valence-electron chi connectivity index (χ0n) is 14.8. The number of nitrogens with zero attached hydrogens (tertiary/aromatic N) is 1. The zero-order valence-corrected chi connectivity index (χ0v) is 15.6. The average Bonchev–Trinajstić information content (AvgIpc) is 2.65. The van der Waals surface area contributed by atoms with Gasteiger partial charge in [-0.1, -0.05) is 12.1 Å². The Kier molecular flexibility index (Phi) is 5.68. The summed E-state index contributed by atoms with van der Waals surface area (Å²) in [6, 6.07) is 4.59. The fourth-order valence-corrected chi connectivity index (χ4v) is 4.32. The van der Waals surface area contributed by atoms with Crippen LogP contribution in [0.25, 0.3) is 0 Å². The summed E-state index contributed by atoms with van der Waals surface area (Å²) in [7, 11) is 0. The van der Waals surface area contributed by atoms with Crippen LogP contribution >= 0.6 is 11.8 Å². The molecule has 1 fully saturated rings. The minimum absolute atomic E-state index is 0.0270. The highest BCUT2D eigenvalue weighted by atomic mass is 32.2. The molecular formula is C18H17FN2O6S. The lowest BCUT2D eigenvalue weighted by atomic mass is 10.0. The predicted octanol–water partition coefficient (Wildman–Crippen LogP) is 0.670. The van der Waals surface area contributed by atoms with Crippen LogP contribution in [0.4, 0.5) is 4.39 Å². The number of carbonyl (C=O) groups is 4. The van der Waals surface area contributed by atoms with E-state index in [9.17, 15) is 28.7 Å². The Labute approximate surface area is 163 Å². The number of rotatable bonds is 6. The minimum Gasteiger partial charge on any atom is -0.477 e. The van der Waals surface area contributed by atoms with Crippen LogP contribution in [0.2, 0.25) is 0 Å². The molecule has 0 spiro atoms. The van der Waals surface area contributed by atoms with Crippen LogP contribution in [-0.2, 0) is 30.3 Å². The molecule has 148 valence electrons. The van der Waals surface area contributed by atoms with Gasteiger partial charge in [0.25, 0.3) is 5.91 Å². The van der Waals surface area contributed by atoms with Crippen LogP contribution < -0.4 is 5.32 Å². The fourth-order valence-electron chi connectivity index (χ4n) is 3.00. The number of hydrogen-bond donors (Lipinski definition) is 2. The molecule has 1 saturated heterocycles. The lowest BCUT2D eigenvalue weighted by molar-refractivity contribution is -0.151. The molecule has 2 unspecified atom stereocenters. The first-order chi connectivity index (χ1) is 13.3. The smallest absolute Gasteiger partial charge is 0.352 e. The molecule has 3 rings (SSSR count). The van der Waals surface area contributed by atoms with Crippen molar-refractivity contribution in [2.45, 2.75) is 24.8 Å². The molecule has 2 atom stereocenters. The van der Waals surface area contributed by atoms with Gasteiger partial charge in [-0.05, 0) is 17.7 Å². The second-order valence-corrected chi connectivity index (χ2v) is 7.40. The van der Waals surface area contributed by atoms with Gasteiger partial charge in [-0.3, -0.25) is 19.3 Å². The zero-order chi connectivity index (χ0) is 20.4. The molecule has 28 heavy (non-hydrogen) atoms. The quantitative estimate of drug-likeness (QED) is 0.525. The first-order valence-corrected chi connectivity index (χ1v) is 9.40. The highest BCUT2D eigenvalue weighted by Gasteiger charge is 2.54. The first kappa shape index (κ1) is 19.9. The van der Waals surface area contributed by atoms with Gasteiger partial charge in [-0.25, -0.2) is 9.18 Å². The molecule has 2 N–H and O–H groups in total. The van der Waals surface area contributed by atoms with Gasteiger partial charge in [0, 0.05) is 18.2 Å². The summed E-state index contributed by atoms with van der Waals surface area (Å²) >= 11 is 1.28. The summed E-state index contributed by atoms with van der Waals surface area (Å²) in [5.41, 5.74) is 0.709. The Morgan fingerprint density at radius 1 is 1.32 bits per heavy atom. The number of hydrogen-bond acceptors (Lipinski definition) is 6. The fraction of sp³-hybridized carbons (Fsp3) is 0.333. The largest absolute Gasteiger partial charge is 0.477 e. The summed E-state index contributed by atoms with van der Waals surface area (Å²) in [6.45, 7) is 1.00. The number of nitrogens with one attached hydrogen (secondary N) is 1. The molecule has 0 saturated carbocycles. The van der Waals surface area contributed by atoms with E-state index in [2.05, 4.69) is 5.32 Å². The molecule has 0 aliphatic carbocycles. The molecular weight excluding hydrogens is 391 g/mol. The van der Waals surface area contributed by atoms with Crippen molar-refractivity contribution >= 4 is 35.5 Å². The maximum Gasteiger partial charge on any atom is 0.352 e. The predicted molar refractivity (Wildman–Crippen MR) is 96.4 cm³/mol. The maximum absolute atomic E-state index is 12.9. The lowest BCUT2D eigenvalue weighted by Crippen LogP contribution is -2.70. The average molecular weight is 408 g/mol. The van der Waals surface area contributed by atoms with E-state index in [0.29, 0.717) is 11.1 Å². The number of carbonyl (C=O) groups excluding carboxylic acids is 3. The van der Waals surface area contributed by atoms with Crippen molar-refractivity contribution in [1.29, 1.82) is 0 Å². The number of carboxylic acids is 1. The van der Waals surface area contributed by atoms with Crippen molar-refractivity contribution in [2.24, 2.45) is 0 Å². The highest BCUT2D eigenvalue weighted by molar-refractivity contribution is 8.00. The molecule has 0 bridgehead atoms. The van der Waals surface area contributed by atoms with Crippen molar-refractivity contribution in [3.63, 3.8) is 0 Å². The number of thioether (sulfide) groups is 1. The van der Waals surface area contributed by atoms with Crippen molar-refractivity contribution in [3.05, 3.63) is 46.9 Å². The van der Waals surface area contributed by atoms with E-state index in [0.717, 1.165) is 4.90 Å².